The first kappa shape index (κ1) is 18.3. The molecule has 0 unspecified atom stereocenters. The standard InChI is InChI=1S/C26H20BrN/c27-26-14-8-7-9-22(26)18-15-21-16-19-25(20-17-21)28(23-10-3-1-4-11-23)24-12-5-2-6-13-24/h1-20H. The fourth-order valence-electron chi connectivity index (χ4n) is 3.13. The molecule has 0 saturated heterocycles. The zero-order valence-corrected chi connectivity index (χ0v) is 17.0. The van der Waals surface area contributed by atoms with Gasteiger partial charge in [-0.05, 0) is 53.6 Å². The molecule has 1 nitrogen and oxygen atoms in total. The Kier molecular flexibility index (Phi) is 5.69. The maximum Gasteiger partial charge on any atom is 0.0462 e. The van der Waals surface area contributed by atoms with Crippen molar-refractivity contribution >= 4 is 45.1 Å². The summed E-state index contributed by atoms with van der Waals surface area (Å²) in [5, 5.41) is 0. The molecule has 4 aromatic rings. The normalized spacial score (nSPS) is 10.9. The lowest BCUT2D eigenvalue weighted by Crippen LogP contribution is -2.09. The molecule has 0 saturated carbocycles. The van der Waals surface area contributed by atoms with E-state index in [0.717, 1.165) is 21.5 Å². The molecular formula is C26H20BrN. The largest absolute Gasteiger partial charge is 0.311 e. The van der Waals surface area contributed by atoms with Crippen LogP contribution in [0.3, 0.4) is 0 Å². The van der Waals surface area contributed by atoms with Crippen LogP contribution in [0.1, 0.15) is 11.1 Å². The molecule has 0 aliphatic rings. The van der Waals surface area contributed by atoms with Crippen LogP contribution in [-0.2, 0) is 0 Å². The van der Waals surface area contributed by atoms with Crippen LogP contribution in [0.4, 0.5) is 17.1 Å². The summed E-state index contributed by atoms with van der Waals surface area (Å²) in [6, 6.07) is 37.8. The summed E-state index contributed by atoms with van der Waals surface area (Å²) < 4.78 is 1.10. The van der Waals surface area contributed by atoms with Gasteiger partial charge in [-0.1, -0.05) is 94.8 Å². The fraction of sp³-hybridized carbons (Fsp3) is 0. The summed E-state index contributed by atoms with van der Waals surface area (Å²) in [7, 11) is 0. The number of hydrogen-bond acceptors (Lipinski definition) is 1. The van der Waals surface area contributed by atoms with E-state index in [1.54, 1.807) is 0 Å². The Labute approximate surface area is 174 Å². The van der Waals surface area contributed by atoms with Gasteiger partial charge in [-0.25, -0.2) is 0 Å². The topological polar surface area (TPSA) is 3.24 Å². The maximum absolute atomic E-state index is 3.59. The van der Waals surface area contributed by atoms with Gasteiger partial charge in [-0.2, -0.15) is 0 Å². The van der Waals surface area contributed by atoms with Crippen molar-refractivity contribution < 1.29 is 0 Å². The third kappa shape index (κ3) is 4.24. The van der Waals surface area contributed by atoms with E-state index in [1.165, 1.54) is 11.1 Å². The van der Waals surface area contributed by atoms with Crippen LogP contribution in [0.25, 0.3) is 12.2 Å². The molecule has 0 bridgehead atoms. The van der Waals surface area contributed by atoms with Crippen molar-refractivity contribution in [2.45, 2.75) is 0 Å². The number of rotatable bonds is 5. The quantitative estimate of drug-likeness (QED) is 0.292. The number of para-hydroxylation sites is 2. The van der Waals surface area contributed by atoms with Gasteiger partial charge in [0.1, 0.15) is 0 Å². The van der Waals surface area contributed by atoms with Crippen molar-refractivity contribution in [1.29, 1.82) is 0 Å². The van der Waals surface area contributed by atoms with Gasteiger partial charge < -0.3 is 4.90 Å². The average Bonchev–Trinajstić information content (AvgIpc) is 2.76. The molecule has 28 heavy (non-hydrogen) atoms. The smallest absolute Gasteiger partial charge is 0.0462 e. The van der Waals surface area contributed by atoms with E-state index in [0.29, 0.717) is 0 Å². The lowest BCUT2D eigenvalue weighted by Gasteiger charge is -2.25. The van der Waals surface area contributed by atoms with Gasteiger partial charge in [0.2, 0.25) is 0 Å². The molecule has 4 aromatic carbocycles. The molecule has 0 amide bonds. The Bertz CT molecular complexity index is 1010. The van der Waals surface area contributed by atoms with Crippen molar-refractivity contribution in [3.8, 4) is 0 Å². The second kappa shape index (κ2) is 8.73. The van der Waals surface area contributed by atoms with Gasteiger partial charge in [0.15, 0.2) is 0 Å². The lowest BCUT2D eigenvalue weighted by molar-refractivity contribution is 1.28. The lowest BCUT2D eigenvalue weighted by atomic mass is 10.1. The van der Waals surface area contributed by atoms with E-state index in [-0.39, 0.29) is 0 Å². The van der Waals surface area contributed by atoms with Gasteiger partial charge in [0, 0.05) is 21.5 Å². The minimum atomic E-state index is 1.10. The monoisotopic (exact) mass is 425 g/mol. The van der Waals surface area contributed by atoms with E-state index >= 15 is 0 Å². The molecule has 0 heterocycles. The summed E-state index contributed by atoms with van der Waals surface area (Å²) in [5.74, 6) is 0. The Morgan fingerprint density at radius 1 is 0.500 bits per heavy atom. The Morgan fingerprint density at radius 3 is 1.57 bits per heavy atom. The van der Waals surface area contributed by atoms with Crippen molar-refractivity contribution in [2.75, 3.05) is 4.90 Å². The number of hydrogen-bond donors (Lipinski definition) is 0. The molecular weight excluding hydrogens is 406 g/mol. The molecule has 0 aromatic heterocycles. The zero-order chi connectivity index (χ0) is 19.2. The molecule has 0 spiro atoms. The first-order chi connectivity index (χ1) is 13.8. The van der Waals surface area contributed by atoms with Crippen LogP contribution in [0.5, 0.6) is 0 Å². The van der Waals surface area contributed by atoms with Crippen molar-refractivity contribution in [3.05, 3.63) is 125 Å². The van der Waals surface area contributed by atoms with E-state index in [4.69, 9.17) is 0 Å². The maximum atomic E-state index is 3.59. The van der Waals surface area contributed by atoms with Crippen LogP contribution >= 0.6 is 15.9 Å². The average molecular weight is 426 g/mol. The van der Waals surface area contributed by atoms with E-state index in [9.17, 15) is 0 Å². The molecule has 0 fully saturated rings. The second-order valence-corrected chi connectivity index (χ2v) is 7.31. The van der Waals surface area contributed by atoms with Crippen LogP contribution in [0, 0.1) is 0 Å². The minimum absolute atomic E-state index is 1.10. The van der Waals surface area contributed by atoms with Gasteiger partial charge >= 0.3 is 0 Å². The number of benzene rings is 4. The summed E-state index contributed by atoms with van der Waals surface area (Å²) in [6.45, 7) is 0. The Morgan fingerprint density at radius 2 is 1.00 bits per heavy atom. The van der Waals surface area contributed by atoms with Gasteiger partial charge in [0.05, 0.1) is 0 Å². The molecule has 0 atom stereocenters. The zero-order valence-electron chi connectivity index (χ0n) is 15.4. The first-order valence-electron chi connectivity index (χ1n) is 9.24. The third-order valence-corrected chi connectivity index (χ3v) is 5.26. The van der Waals surface area contributed by atoms with E-state index < -0.39 is 0 Å². The Hall–Kier alpha value is -3.10. The summed E-state index contributed by atoms with van der Waals surface area (Å²) in [6.07, 6.45) is 4.27. The summed E-state index contributed by atoms with van der Waals surface area (Å²) >= 11 is 3.59. The number of anilines is 3. The highest BCUT2D eigenvalue weighted by atomic mass is 79.9. The highest BCUT2D eigenvalue weighted by molar-refractivity contribution is 9.10. The molecule has 0 N–H and O–H groups in total. The van der Waals surface area contributed by atoms with Crippen molar-refractivity contribution in [1.82, 2.24) is 0 Å². The molecule has 0 aliphatic carbocycles. The predicted octanol–water partition coefficient (Wildman–Crippen LogP) is 8.09. The van der Waals surface area contributed by atoms with Crippen molar-refractivity contribution in [2.24, 2.45) is 0 Å². The van der Waals surface area contributed by atoms with Gasteiger partial charge in [-0.3, -0.25) is 0 Å². The highest BCUT2D eigenvalue weighted by Gasteiger charge is 2.11. The van der Waals surface area contributed by atoms with Crippen LogP contribution in [-0.4, -0.2) is 0 Å². The first-order valence-corrected chi connectivity index (χ1v) is 10.0. The van der Waals surface area contributed by atoms with E-state index in [2.05, 4.69) is 118 Å². The predicted molar refractivity (Wildman–Crippen MR) is 124 cm³/mol. The second-order valence-electron chi connectivity index (χ2n) is 6.45. The number of halogens is 1. The van der Waals surface area contributed by atoms with E-state index in [1.807, 2.05) is 24.3 Å². The van der Waals surface area contributed by atoms with Crippen LogP contribution in [0.15, 0.2) is 114 Å². The van der Waals surface area contributed by atoms with Crippen LogP contribution < -0.4 is 4.90 Å². The molecule has 136 valence electrons. The van der Waals surface area contributed by atoms with Gasteiger partial charge in [0.25, 0.3) is 0 Å². The number of nitrogens with zero attached hydrogens (tertiary/aromatic N) is 1. The molecule has 2 heteroatoms. The van der Waals surface area contributed by atoms with Gasteiger partial charge in [-0.15, -0.1) is 0 Å². The van der Waals surface area contributed by atoms with Crippen molar-refractivity contribution in [3.63, 3.8) is 0 Å². The SMILES string of the molecule is Brc1ccccc1C=Cc1ccc(N(c2ccccc2)c2ccccc2)cc1. The molecule has 0 aliphatic heterocycles. The third-order valence-electron chi connectivity index (χ3n) is 4.54. The summed E-state index contributed by atoms with van der Waals surface area (Å²) in [5.41, 5.74) is 5.76. The highest BCUT2D eigenvalue weighted by Crippen LogP contribution is 2.34. The minimum Gasteiger partial charge on any atom is -0.311 e. The summed E-state index contributed by atoms with van der Waals surface area (Å²) in [4.78, 5) is 2.27. The molecule has 0 radical (unpaired) electrons. The Balaban J connectivity index is 1.64. The fourth-order valence-corrected chi connectivity index (χ4v) is 3.55. The van der Waals surface area contributed by atoms with Crippen LogP contribution in [0.2, 0.25) is 0 Å². The molecule has 4 rings (SSSR count).